The number of rotatable bonds is 4. The molecule has 0 amide bonds. The molecule has 1 rings (SSSR count). The fourth-order valence-electron chi connectivity index (χ4n) is 1.42. The van der Waals surface area contributed by atoms with Crippen LogP contribution in [0, 0.1) is 0 Å². The summed E-state index contributed by atoms with van der Waals surface area (Å²) >= 11 is 6.95. The van der Waals surface area contributed by atoms with Gasteiger partial charge in [-0.3, -0.25) is 0 Å². The Morgan fingerprint density at radius 2 is 2.00 bits per heavy atom. The lowest BCUT2D eigenvalue weighted by Crippen LogP contribution is -2.31. The van der Waals surface area contributed by atoms with Gasteiger partial charge in [-0.2, -0.15) is 0 Å². The molecule has 1 aromatic rings. The van der Waals surface area contributed by atoms with Crippen LogP contribution in [0.5, 0.6) is 0 Å². The maximum Gasteiger partial charge on any atom is 0.0582 e. The third kappa shape index (κ3) is 3.87. The van der Waals surface area contributed by atoms with Crippen LogP contribution in [0.2, 0.25) is 0 Å². The first kappa shape index (κ1) is 13.2. The Morgan fingerprint density at radius 1 is 1.33 bits per heavy atom. The number of nitrogens with one attached hydrogen (secondary N) is 1. The molecule has 1 unspecified atom stereocenters. The first-order chi connectivity index (χ1) is 7.04. The monoisotopic (exact) mass is 335 g/mol. The SMILES string of the molecule is CC(N[C@@H](C)CO)c1ccc(Br)cc1Br. The fraction of sp³-hybridized carbons (Fsp3) is 0.455. The van der Waals surface area contributed by atoms with E-state index in [0.717, 1.165) is 8.95 Å². The van der Waals surface area contributed by atoms with Crippen molar-refractivity contribution in [3.63, 3.8) is 0 Å². The molecule has 2 nitrogen and oxygen atoms in total. The van der Waals surface area contributed by atoms with Gasteiger partial charge in [0, 0.05) is 21.0 Å². The highest BCUT2D eigenvalue weighted by atomic mass is 79.9. The van der Waals surface area contributed by atoms with Gasteiger partial charge in [0.15, 0.2) is 0 Å². The molecule has 0 radical (unpaired) electrons. The molecular formula is C11H15Br2NO. The van der Waals surface area contributed by atoms with Crippen LogP contribution in [0.3, 0.4) is 0 Å². The third-order valence-electron chi connectivity index (χ3n) is 2.24. The van der Waals surface area contributed by atoms with Gasteiger partial charge in [0.25, 0.3) is 0 Å². The van der Waals surface area contributed by atoms with Crippen molar-refractivity contribution in [2.24, 2.45) is 0 Å². The first-order valence-electron chi connectivity index (χ1n) is 4.86. The van der Waals surface area contributed by atoms with E-state index in [2.05, 4.69) is 50.2 Å². The second-order valence-corrected chi connectivity index (χ2v) is 5.41. The molecule has 15 heavy (non-hydrogen) atoms. The Balaban J connectivity index is 2.77. The van der Waals surface area contributed by atoms with Gasteiger partial charge >= 0.3 is 0 Å². The van der Waals surface area contributed by atoms with Crippen LogP contribution in [0.1, 0.15) is 25.5 Å². The van der Waals surface area contributed by atoms with E-state index in [-0.39, 0.29) is 18.7 Å². The highest BCUT2D eigenvalue weighted by Crippen LogP contribution is 2.26. The summed E-state index contributed by atoms with van der Waals surface area (Å²) in [4.78, 5) is 0. The number of hydrogen-bond donors (Lipinski definition) is 2. The van der Waals surface area contributed by atoms with E-state index >= 15 is 0 Å². The number of benzene rings is 1. The van der Waals surface area contributed by atoms with Gasteiger partial charge in [-0.15, -0.1) is 0 Å². The molecular weight excluding hydrogens is 322 g/mol. The zero-order valence-electron chi connectivity index (χ0n) is 8.80. The van der Waals surface area contributed by atoms with Gasteiger partial charge < -0.3 is 10.4 Å². The van der Waals surface area contributed by atoms with E-state index in [0.29, 0.717) is 0 Å². The van der Waals surface area contributed by atoms with Gasteiger partial charge in [-0.1, -0.05) is 37.9 Å². The molecule has 0 bridgehead atoms. The smallest absolute Gasteiger partial charge is 0.0582 e. The van der Waals surface area contributed by atoms with Gasteiger partial charge in [0.1, 0.15) is 0 Å². The predicted molar refractivity (Wildman–Crippen MR) is 69.9 cm³/mol. The zero-order valence-corrected chi connectivity index (χ0v) is 12.0. The van der Waals surface area contributed by atoms with Crippen molar-refractivity contribution in [2.75, 3.05) is 6.61 Å². The summed E-state index contributed by atoms with van der Waals surface area (Å²) in [6.07, 6.45) is 0. The van der Waals surface area contributed by atoms with Crippen LogP contribution in [0.15, 0.2) is 27.1 Å². The van der Waals surface area contributed by atoms with Crippen molar-refractivity contribution in [3.8, 4) is 0 Å². The topological polar surface area (TPSA) is 32.3 Å². The molecule has 2 atom stereocenters. The fourth-order valence-corrected chi connectivity index (χ4v) is 2.81. The second-order valence-electron chi connectivity index (χ2n) is 3.64. The predicted octanol–water partition coefficient (Wildman–Crippen LogP) is 3.24. The largest absolute Gasteiger partial charge is 0.395 e. The van der Waals surface area contributed by atoms with E-state index in [9.17, 15) is 0 Å². The lowest BCUT2D eigenvalue weighted by atomic mass is 10.1. The summed E-state index contributed by atoms with van der Waals surface area (Å²) in [5.41, 5.74) is 1.19. The molecule has 0 saturated carbocycles. The van der Waals surface area contributed by atoms with E-state index < -0.39 is 0 Å². The minimum atomic E-state index is 0.107. The Labute approximate surface area is 107 Å². The molecule has 0 aliphatic carbocycles. The van der Waals surface area contributed by atoms with E-state index in [1.165, 1.54) is 5.56 Å². The van der Waals surface area contributed by atoms with Crippen LogP contribution in [0.4, 0.5) is 0 Å². The molecule has 0 heterocycles. The van der Waals surface area contributed by atoms with E-state index in [1.54, 1.807) is 0 Å². The molecule has 1 aromatic carbocycles. The van der Waals surface area contributed by atoms with Crippen LogP contribution < -0.4 is 5.32 Å². The second kappa shape index (κ2) is 5.99. The number of halogens is 2. The first-order valence-corrected chi connectivity index (χ1v) is 6.45. The van der Waals surface area contributed by atoms with Crippen molar-refractivity contribution < 1.29 is 5.11 Å². The zero-order chi connectivity index (χ0) is 11.4. The summed E-state index contributed by atoms with van der Waals surface area (Å²) < 4.78 is 2.13. The molecule has 0 saturated heterocycles. The van der Waals surface area contributed by atoms with Crippen LogP contribution in [-0.2, 0) is 0 Å². The highest BCUT2D eigenvalue weighted by molar-refractivity contribution is 9.11. The molecule has 4 heteroatoms. The molecule has 0 aromatic heterocycles. The maximum atomic E-state index is 8.96. The Hall–Kier alpha value is 0.1000. The summed E-state index contributed by atoms with van der Waals surface area (Å²) in [6, 6.07) is 6.43. The third-order valence-corrected chi connectivity index (χ3v) is 3.42. The molecule has 0 spiro atoms. The Bertz CT molecular complexity index is 330. The van der Waals surface area contributed by atoms with Crippen molar-refractivity contribution >= 4 is 31.9 Å². The number of aliphatic hydroxyl groups is 1. The van der Waals surface area contributed by atoms with Gasteiger partial charge in [-0.25, -0.2) is 0 Å². The van der Waals surface area contributed by atoms with Gasteiger partial charge in [0.05, 0.1) is 6.61 Å². The van der Waals surface area contributed by atoms with Crippen molar-refractivity contribution in [3.05, 3.63) is 32.7 Å². The Morgan fingerprint density at radius 3 is 2.53 bits per heavy atom. The lowest BCUT2D eigenvalue weighted by Gasteiger charge is -2.19. The Kier molecular flexibility index (Phi) is 5.26. The molecule has 0 aliphatic heterocycles. The van der Waals surface area contributed by atoms with Crippen LogP contribution in [0.25, 0.3) is 0 Å². The van der Waals surface area contributed by atoms with E-state index in [1.807, 2.05) is 19.1 Å². The summed E-state index contributed by atoms with van der Waals surface area (Å²) in [5, 5.41) is 12.3. The van der Waals surface area contributed by atoms with Crippen molar-refractivity contribution in [1.82, 2.24) is 5.32 Å². The number of hydrogen-bond acceptors (Lipinski definition) is 2. The average molecular weight is 337 g/mol. The molecule has 2 N–H and O–H groups in total. The normalized spacial score (nSPS) is 15.0. The molecule has 0 fully saturated rings. The van der Waals surface area contributed by atoms with Gasteiger partial charge in [0.2, 0.25) is 0 Å². The quantitative estimate of drug-likeness (QED) is 0.884. The van der Waals surface area contributed by atoms with Gasteiger partial charge in [-0.05, 0) is 31.5 Å². The summed E-state index contributed by atoms with van der Waals surface area (Å²) in [7, 11) is 0. The molecule has 84 valence electrons. The van der Waals surface area contributed by atoms with Crippen LogP contribution in [-0.4, -0.2) is 17.8 Å². The van der Waals surface area contributed by atoms with Crippen molar-refractivity contribution in [1.29, 1.82) is 0 Å². The van der Waals surface area contributed by atoms with E-state index in [4.69, 9.17) is 5.11 Å². The minimum Gasteiger partial charge on any atom is -0.395 e. The lowest BCUT2D eigenvalue weighted by molar-refractivity contribution is 0.243. The minimum absolute atomic E-state index is 0.107. The van der Waals surface area contributed by atoms with Crippen molar-refractivity contribution in [2.45, 2.75) is 25.9 Å². The average Bonchev–Trinajstić information content (AvgIpc) is 2.17. The number of aliphatic hydroxyl groups excluding tert-OH is 1. The standard InChI is InChI=1S/C11H15Br2NO/c1-7(6-15)14-8(2)10-4-3-9(12)5-11(10)13/h3-5,7-8,14-15H,6H2,1-2H3/t7-,8?/m0/s1. The summed E-state index contributed by atoms with van der Waals surface area (Å²) in [5.74, 6) is 0. The van der Waals surface area contributed by atoms with Crippen LogP contribution >= 0.6 is 31.9 Å². The maximum absolute atomic E-state index is 8.96. The molecule has 0 aliphatic rings. The highest BCUT2D eigenvalue weighted by Gasteiger charge is 2.11. The summed E-state index contributed by atoms with van der Waals surface area (Å²) in [6.45, 7) is 4.20.